The number of nitrogens with two attached hydrogens (primary N) is 1. The summed E-state index contributed by atoms with van der Waals surface area (Å²) in [6, 6.07) is 8.49. The van der Waals surface area contributed by atoms with Crippen molar-refractivity contribution in [1.29, 1.82) is 0 Å². The second kappa shape index (κ2) is 4.50. The van der Waals surface area contributed by atoms with E-state index in [9.17, 15) is 0 Å². The molecule has 74 valence electrons. The van der Waals surface area contributed by atoms with Gasteiger partial charge in [0.1, 0.15) is 0 Å². The van der Waals surface area contributed by atoms with Gasteiger partial charge < -0.3 is 10.7 Å². The van der Waals surface area contributed by atoms with Crippen LogP contribution < -0.4 is 15.6 Å². The first kappa shape index (κ1) is 9.58. The van der Waals surface area contributed by atoms with Crippen LogP contribution in [-0.4, -0.2) is 0 Å². The Balaban J connectivity index is 2.13. The van der Waals surface area contributed by atoms with Gasteiger partial charge in [-0.3, -0.25) is 0 Å². The van der Waals surface area contributed by atoms with Gasteiger partial charge in [0.05, 0.1) is 12.2 Å². The molecule has 1 aromatic carbocycles. The first-order valence-corrected chi connectivity index (χ1v) is 5.35. The van der Waals surface area contributed by atoms with E-state index in [1.165, 1.54) is 11.1 Å². The molecule has 4 heteroatoms. The molecular weight excluding hydrogens is 194 g/mol. The highest BCUT2D eigenvalue weighted by Gasteiger charge is 2.05. The highest BCUT2D eigenvalue weighted by atomic mass is 32.2. The van der Waals surface area contributed by atoms with Crippen LogP contribution in [0.2, 0.25) is 0 Å². The number of nitrogens with one attached hydrogen (secondary N) is 2. The smallest absolute Gasteiger partial charge is 0.0773 e. The molecule has 0 spiro atoms. The lowest BCUT2D eigenvalue weighted by molar-refractivity contribution is -0.612. The lowest BCUT2D eigenvalue weighted by atomic mass is 10.1. The molecule has 0 atom stereocenters. The van der Waals surface area contributed by atoms with Gasteiger partial charge in [0.2, 0.25) is 0 Å². The van der Waals surface area contributed by atoms with E-state index in [1.807, 2.05) is 5.32 Å². The van der Waals surface area contributed by atoms with Crippen molar-refractivity contribution in [1.82, 2.24) is 10.3 Å². The van der Waals surface area contributed by atoms with Crippen LogP contribution in [0.3, 0.4) is 0 Å². The van der Waals surface area contributed by atoms with Gasteiger partial charge in [0.25, 0.3) is 0 Å². The fourth-order valence-corrected chi connectivity index (χ4v) is 1.87. The van der Waals surface area contributed by atoms with Gasteiger partial charge in [0, 0.05) is 11.0 Å². The standard InChI is InChI=1S/C10H13N3S/c1-11-6-8-2-4-9(5-3-8)10-7-14-13-12-10/h2-5,7,12-13H,1,6,11H2. The summed E-state index contributed by atoms with van der Waals surface area (Å²) >= 11 is 1.55. The Kier molecular flexibility index (Phi) is 3.08. The molecule has 3 nitrogen and oxygen atoms in total. The number of rotatable bonds is 3. The number of benzene rings is 1. The van der Waals surface area contributed by atoms with E-state index in [1.54, 1.807) is 11.9 Å². The Morgan fingerprint density at radius 3 is 2.64 bits per heavy atom. The van der Waals surface area contributed by atoms with E-state index in [4.69, 9.17) is 0 Å². The Bertz CT molecular complexity index is 332. The summed E-state index contributed by atoms with van der Waals surface area (Å²) in [6.45, 7) is 0.930. The molecule has 1 aliphatic rings. The molecule has 0 radical (unpaired) electrons. The normalized spacial score (nSPS) is 15.1. The SMILES string of the molecule is [CH2-][NH2+]Cc1ccc(C2=CSNN2)cc1. The van der Waals surface area contributed by atoms with Crippen LogP contribution in [0.4, 0.5) is 0 Å². The zero-order valence-electron chi connectivity index (χ0n) is 7.79. The highest BCUT2D eigenvalue weighted by Crippen LogP contribution is 2.18. The summed E-state index contributed by atoms with van der Waals surface area (Å²) in [6.07, 6.45) is 0. The van der Waals surface area contributed by atoms with Gasteiger partial charge in [-0.05, 0) is 17.5 Å². The van der Waals surface area contributed by atoms with Crippen molar-refractivity contribution >= 4 is 17.6 Å². The molecular formula is C10H13N3S. The van der Waals surface area contributed by atoms with Crippen molar-refractivity contribution < 1.29 is 5.32 Å². The fraction of sp³-hybridized carbons (Fsp3) is 0.100. The van der Waals surface area contributed by atoms with Crippen molar-refractivity contribution in [3.05, 3.63) is 47.8 Å². The highest BCUT2D eigenvalue weighted by molar-refractivity contribution is 8.00. The van der Waals surface area contributed by atoms with Gasteiger partial charge >= 0.3 is 0 Å². The van der Waals surface area contributed by atoms with E-state index in [-0.39, 0.29) is 0 Å². The van der Waals surface area contributed by atoms with Gasteiger partial charge in [-0.2, -0.15) is 11.9 Å². The first-order valence-electron chi connectivity index (χ1n) is 4.47. The number of hydrogen-bond acceptors (Lipinski definition) is 3. The van der Waals surface area contributed by atoms with Crippen molar-refractivity contribution in [3.8, 4) is 0 Å². The number of hydrogen-bond donors (Lipinski definition) is 3. The average molecular weight is 207 g/mol. The van der Waals surface area contributed by atoms with Crippen LogP contribution in [-0.2, 0) is 6.54 Å². The predicted octanol–water partition coefficient (Wildman–Crippen LogP) is 0.596. The van der Waals surface area contributed by atoms with Crippen molar-refractivity contribution in [2.75, 3.05) is 0 Å². The van der Waals surface area contributed by atoms with Gasteiger partial charge in [-0.15, -0.1) is 0 Å². The Morgan fingerprint density at radius 2 is 2.07 bits per heavy atom. The van der Waals surface area contributed by atoms with Crippen molar-refractivity contribution in [2.45, 2.75) is 6.54 Å². The molecule has 0 bridgehead atoms. The Labute approximate surface area is 88.1 Å². The maximum absolute atomic E-state index is 3.72. The molecule has 0 unspecified atom stereocenters. The summed E-state index contributed by atoms with van der Waals surface area (Å²) in [4.78, 5) is 2.97. The molecule has 0 aromatic heterocycles. The quantitative estimate of drug-likeness (QED) is 0.502. The van der Waals surface area contributed by atoms with Gasteiger partial charge in [-0.1, -0.05) is 24.3 Å². The lowest BCUT2D eigenvalue weighted by Crippen LogP contribution is -2.74. The second-order valence-corrected chi connectivity index (χ2v) is 3.74. The molecule has 1 heterocycles. The lowest BCUT2D eigenvalue weighted by Gasteiger charge is -2.05. The summed E-state index contributed by atoms with van der Waals surface area (Å²) in [7, 11) is 3.72. The molecule has 4 N–H and O–H groups in total. The van der Waals surface area contributed by atoms with E-state index in [0.717, 1.165) is 12.2 Å². The molecule has 0 saturated carbocycles. The minimum Gasteiger partial charge on any atom is -0.475 e. The van der Waals surface area contributed by atoms with E-state index in [2.05, 4.69) is 47.0 Å². The largest absolute Gasteiger partial charge is 0.475 e. The third-order valence-electron chi connectivity index (χ3n) is 2.07. The molecule has 0 amide bonds. The molecule has 0 saturated heterocycles. The zero-order chi connectivity index (χ0) is 9.80. The monoisotopic (exact) mass is 207 g/mol. The average Bonchev–Trinajstić information content (AvgIpc) is 2.72. The zero-order valence-corrected chi connectivity index (χ0v) is 8.60. The summed E-state index contributed by atoms with van der Waals surface area (Å²) < 4.78 is 0. The van der Waals surface area contributed by atoms with Crippen LogP contribution in [0.1, 0.15) is 11.1 Å². The Morgan fingerprint density at radius 1 is 1.29 bits per heavy atom. The van der Waals surface area contributed by atoms with Crippen molar-refractivity contribution in [3.63, 3.8) is 0 Å². The van der Waals surface area contributed by atoms with Crippen LogP contribution in [0.15, 0.2) is 29.7 Å². The molecule has 1 aromatic rings. The number of hydrazine groups is 1. The molecule has 0 aliphatic carbocycles. The van der Waals surface area contributed by atoms with Crippen molar-refractivity contribution in [2.24, 2.45) is 0 Å². The second-order valence-electron chi connectivity index (χ2n) is 3.07. The third kappa shape index (κ3) is 2.09. The number of quaternary nitrogens is 1. The van der Waals surface area contributed by atoms with E-state index >= 15 is 0 Å². The molecule has 1 aliphatic heterocycles. The summed E-state index contributed by atoms with van der Waals surface area (Å²) in [5.74, 6) is 0. The maximum atomic E-state index is 3.72. The molecule has 14 heavy (non-hydrogen) atoms. The maximum Gasteiger partial charge on any atom is 0.0773 e. The molecule has 0 fully saturated rings. The summed E-state index contributed by atoms with van der Waals surface area (Å²) in [5, 5.41) is 3.97. The molecule has 2 rings (SSSR count). The van der Waals surface area contributed by atoms with Crippen LogP contribution in [0.25, 0.3) is 5.70 Å². The van der Waals surface area contributed by atoms with Gasteiger partial charge in [-0.25, -0.2) is 0 Å². The predicted molar refractivity (Wildman–Crippen MR) is 59.3 cm³/mol. The van der Waals surface area contributed by atoms with E-state index < -0.39 is 0 Å². The Hall–Kier alpha value is -0.970. The minimum atomic E-state index is 0.930. The minimum absolute atomic E-state index is 0.930. The van der Waals surface area contributed by atoms with Crippen LogP contribution in [0.5, 0.6) is 0 Å². The topological polar surface area (TPSA) is 40.7 Å². The van der Waals surface area contributed by atoms with Crippen LogP contribution in [0, 0.1) is 7.05 Å². The van der Waals surface area contributed by atoms with Crippen LogP contribution >= 0.6 is 11.9 Å². The summed E-state index contributed by atoms with van der Waals surface area (Å²) in [5.41, 5.74) is 6.70. The van der Waals surface area contributed by atoms with Gasteiger partial charge in [0.15, 0.2) is 0 Å². The first-order chi connectivity index (χ1) is 6.90. The fourth-order valence-electron chi connectivity index (χ4n) is 1.33. The third-order valence-corrected chi connectivity index (χ3v) is 2.64. The van der Waals surface area contributed by atoms with E-state index in [0.29, 0.717) is 0 Å².